The lowest BCUT2D eigenvalue weighted by Gasteiger charge is -2.64. The molecule has 4 aliphatic carbocycles. The maximum Gasteiger partial charge on any atom is 0.331 e. The van der Waals surface area contributed by atoms with Crippen LogP contribution >= 0.6 is 0 Å². The molecule has 272 valence electrons. The number of ether oxygens (including phenoxy) is 6. The van der Waals surface area contributed by atoms with E-state index in [0.29, 0.717) is 24.9 Å². The smallest absolute Gasteiger partial charge is 0.331 e. The Hall–Kier alpha value is -1.19. The first kappa shape index (κ1) is 35.2. The minimum absolute atomic E-state index is 0.0388. The van der Waals surface area contributed by atoms with Crippen molar-refractivity contribution in [2.24, 2.45) is 34.5 Å². The SMILES string of the molecule is CO[C@@H]1C[C@H](O[C@H]2CC[C@@]3(C)[C@H](CC[C@@H]4[C@@H]3CC[C@]3(C)[C@H](C5=CC(=O)OC5)CC[C@]43O)C2)O[C@@H](C)[C@@H]1O[C@@H]1O[C@H](CO)[C@@H](O)[C@H](O)[C@H]1O. The Morgan fingerprint density at radius 2 is 1.71 bits per heavy atom. The first-order valence-electron chi connectivity index (χ1n) is 18.2. The Labute approximate surface area is 283 Å². The summed E-state index contributed by atoms with van der Waals surface area (Å²) in [6.45, 7) is 6.40. The summed E-state index contributed by atoms with van der Waals surface area (Å²) in [5.41, 5.74) is 0.221. The van der Waals surface area contributed by atoms with Gasteiger partial charge in [-0.05, 0) is 99.4 Å². The molecule has 2 saturated heterocycles. The number of hydrogen-bond acceptors (Lipinski definition) is 12. The Morgan fingerprint density at radius 1 is 0.917 bits per heavy atom. The van der Waals surface area contributed by atoms with E-state index in [0.717, 1.165) is 63.4 Å². The van der Waals surface area contributed by atoms with Crippen molar-refractivity contribution in [3.05, 3.63) is 11.6 Å². The van der Waals surface area contributed by atoms with Gasteiger partial charge in [0.25, 0.3) is 0 Å². The second kappa shape index (κ2) is 13.1. The van der Waals surface area contributed by atoms with E-state index >= 15 is 0 Å². The zero-order valence-corrected chi connectivity index (χ0v) is 28.7. The monoisotopic (exact) mass is 680 g/mol. The molecule has 0 unspecified atom stereocenters. The van der Waals surface area contributed by atoms with E-state index in [9.17, 15) is 30.3 Å². The van der Waals surface area contributed by atoms with Crippen LogP contribution < -0.4 is 0 Å². The maximum atomic E-state index is 12.5. The highest BCUT2D eigenvalue weighted by Crippen LogP contribution is 2.70. The van der Waals surface area contributed by atoms with Crippen molar-refractivity contribution in [2.45, 2.75) is 152 Å². The fourth-order valence-electron chi connectivity index (χ4n) is 11.6. The van der Waals surface area contributed by atoms with Crippen LogP contribution in [0.2, 0.25) is 0 Å². The summed E-state index contributed by atoms with van der Waals surface area (Å²) in [5.74, 6) is 1.14. The van der Waals surface area contributed by atoms with E-state index in [1.807, 2.05) is 6.92 Å². The van der Waals surface area contributed by atoms with Gasteiger partial charge in [-0.1, -0.05) is 13.8 Å². The molecule has 12 nitrogen and oxygen atoms in total. The molecule has 0 spiro atoms. The fraction of sp³-hybridized carbons (Fsp3) is 0.917. The largest absolute Gasteiger partial charge is 0.458 e. The zero-order valence-electron chi connectivity index (χ0n) is 28.7. The Morgan fingerprint density at radius 3 is 2.42 bits per heavy atom. The van der Waals surface area contributed by atoms with Crippen molar-refractivity contribution in [2.75, 3.05) is 20.3 Å². The minimum Gasteiger partial charge on any atom is -0.458 e. The summed E-state index contributed by atoms with van der Waals surface area (Å²) < 4.78 is 35.6. The average Bonchev–Trinajstić information content (AvgIpc) is 3.61. The van der Waals surface area contributed by atoms with Crippen molar-refractivity contribution < 1.29 is 58.7 Å². The molecule has 17 atom stereocenters. The number of methoxy groups -OCH3 is 1. The molecule has 12 heteroatoms. The van der Waals surface area contributed by atoms with Crippen molar-refractivity contribution in [3.8, 4) is 0 Å². The van der Waals surface area contributed by atoms with E-state index in [1.165, 1.54) is 0 Å². The highest BCUT2D eigenvalue weighted by atomic mass is 16.7. The summed E-state index contributed by atoms with van der Waals surface area (Å²) in [6.07, 6.45) is 1.91. The van der Waals surface area contributed by atoms with Gasteiger partial charge < -0.3 is 54.0 Å². The van der Waals surface area contributed by atoms with E-state index in [4.69, 9.17) is 28.4 Å². The molecule has 3 heterocycles. The van der Waals surface area contributed by atoms with Gasteiger partial charge in [0.1, 0.15) is 37.1 Å². The first-order valence-corrected chi connectivity index (χ1v) is 18.2. The second-order valence-corrected chi connectivity index (χ2v) is 16.4. The second-order valence-electron chi connectivity index (χ2n) is 16.4. The molecule has 7 aliphatic rings. The molecule has 48 heavy (non-hydrogen) atoms. The van der Waals surface area contributed by atoms with Crippen LogP contribution in [0.25, 0.3) is 0 Å². The number of hydrogen-bond donors (Lipinski definition) is 5. The molecule has 0 aromatic rings. The van der Waals surface area contributed by atoms with Crippen LogP contribution in [-0.4, -0.2) is 119 Å². The third-order valence-corrected chi connectivity index (χ3v) is 14.3. The lowest BCUT2D eigenvalue weighted by molar-refractivity contribution is -0.345. The van der Waals surface area contributed by atoms with Crippen molar-refractivity contribution in [3.63, 3.8) is 0 Å². The highest BCUT2D eigenvalue weighted by molar-refractivity contribution is 5.85. The van der Waals surface area contributed by atoms with Gasteiger partial charge in [0.2, 0.25) is 0 Å². The van der Waals surface area contributed by atoms with Gasteiger partial charge >= 0.3 is 5.97 Å². The van der Waals surface area contributed by atoms with Gasteiger partial charge in [-0.15, -0.1) is 0 Å². The van der Waals surface area contributed by atoms with Gasteiger partial charge in [0.15, 0.2) is 12.6 Å². The average molecular weight is 681 g/mol. The van der Waals surface area contributed by atoms with Gasteiger partial charge in [-0.2, -0.15) is 0 Å². The standard InChI is InChI=1S/C36H56O12/c1-18-32(48-33-31(41)30(40)29(39)26(16-37)47-33)25(43-4)15-28(45-18)46-21-7-10-34(2)20(14-21)5-6-24-23(34)8-11-35(3)22(9-12-36(24,35)42)19-13-27(38)44-17-19/h13,18,20-26,28-33,37,39-42H,5-12,14-17H2,1-4H3/t18-,20+,21-,22-,23-,24+,25+,26+,28-,29+,30-,31+,32-,33-,34-,35+,36-/m0/s1. The quantitative estimate of drug-likeness (QED) is 0.196. The predicted molar refractivity (Wildman–Crippen MR) is 169 cm³/mol. The molecule has 0 amide bonds. The summed E-state index contributed by atoms with van der Waals surface area (Å²) in [4.78, 5) is 11.9. The number of aliphatic hydroxyl groups excluding tert-OH is 4. The van der Waals surface area contributed by atoms with Crippen LogP contribution in [0.5, 0.6) is 0 Å². The van der Waals surface area contributed by atoms with Gasteiger partial charge in [0, 0.05) is 25.0 Å². The third-order valence-electron chi connectivity index (χ3n) is 14.3. The van der Waals surface area contributed by atoms with Crippen LogP contribution in [0.4, 0.5) is 0 Å². The molecule has 4 saturated carbocycles. The van der Waals surface area contributed by atoms with E-state index in [1.54, 1.807) is 13.2 Å². The maximum absolute atomic E-state index is 12.5. The molecule has 7 rings (SSSR count). The highest BCUT2D eigenvalue weighted by Gasteiger charge is 2.67. The first-order chi connectivity index (χ1) is 22.8. The third kappa shape index (κ3) is 5.61. The van der Waals surface area contributed by atoms with Crippen LogP contribution in [-0.2, 0) is 33.2 Å². The van der Waals surface area contributed by atoms with E-state index in [-0.39, 0.29) is 34.7 Å². The number of rotatable bonds is 7. The number of cyclic esters (lactones) is 1. The van der Waals surface area contributed by atoms with Gasteiger partial charge in [-0.25, -0.2) is 4.79 Å². The normalized spacial score (nSPS) is 53.8. The fourth-order valence-corrected chi connectivity index (χ4v) is 11.6. The number of carbonyl (C=O) groups excluding carboxylic acids is 1. The number of fused-ring (bicyclic) bond motifs is 5. The molecule has 0 aromatic heterocycles. The molecule has 5 N–H and O–H groups in total. The topological polar surface area (TPSA) is 174 Å². The predicted octanol–water partition coefficient (Wildman–Crippen LogP) is 1.96. The molecule has 6 fully saturated rings. The summed E-state index contributed by atoms with van der Waals surface area (Å²) in [5, 5.41) is 52.9. The Bertz CT molecular complexity index is 1230. The van der Waals surface area contributed by atoms with Gasteiger partial charge in [-0.3, -0.25) is 0 Å². The van der Waals surface area contributed by atoms with Crippen LogP contribution in [0.15, 0.2) is 11.6 Å². The number of esters is 1. The zero-order chi connectivity index (χ0) is 34.2. The molecule has 0 bridgehead atoms. The molecular weight excluding hydrogens is 624 g/mol. The number of aliphatic hydroxyl groups is 5. The molecule has 0 aromatic carbocycles. The van der Waals surface area contributed by atoms with E-state index in [2.05, 4.69) is 13.8 Å². The molecule has 0 radical (unpaired) electrons. The molecule has 3 aliphatic heterocycles. The number of carbonyl (C=O) groups is 1. The lowest BCUT2D eigenvalue weighted by Crippen LogP contribution is -2.62. The van der Waals surface area contributed by atoms with Crippen molar-refractivity contribution >= 4 is 5.97 Å². The van der Waals surface area contributed by atoms with Crippen LogP contribution in [0.3, 0.4) is 0 Å². The van der Waals surface area contributed by atoms with Crippen molar-refractivity contribution in [1.82, 2.24) is 0 Å². The van der Waals surface area contributed by atoms with Gasteiger partial charge in [0.05, 0.1) is 30.5 Å². The Kier molecular flexibility index (Phi) is 9.61. The minimum atomic E-state index is -1.53. The summed E-state index contributed by atoms with van der Waals surface area (Å²) in [7, 11) is 1.58. The Balaban J connectivity index is 0.971. The lowest BCUT2D eigenvalue weighted by atomic mass is 9.43. The van der Waals surface area contributed by atoms with Crippen LogP contribution in [0.1, 0.15) is 85.0 Å². The van der Waals surface area contributed by atoms with Crippen LogP contribution in [0, 0.1) is 34.5 Å². The van der Waals surface area contributed by atoms with Crippen molar-refractivity contribution in [1.29, 1.82) is 0 Å². The summed E-state index contributed by atoms with van der Waals surface area (Å²) >= 11 is 0. The van der Waals surface area contributed by atoms with E-state index < -0.39 is 67.5 Å². The molecular formula is C36H56O12. The summed E-state index contributed by atoms with van der Waals surface area (Å²) in [6, 6.07) is 0.